The van der Waals surface area contributed by atoms with Crippen molar-refractivity contribution in [3.63, 3.8) is 0 Å². The highest BCUT2D eigenvalue weighted by Gasteiger charge is 2.17. The van der Waals surface area contributed by atoms with Gasteiger partial charge in [0.2, 0.25) is 5.91 Å². The molecular formula is C20H23N5O3. The summed E-state index contributed by atoms with van der Waals surface area (Å²) >= 11 is 0. The van der Waals surface area contributed by atoms with Crippen molar-refractivity contribution in [3.05, 3.63) is 67.7 Å². The second-order valence-electron chi connectivity index (χ2n) is 6.80. The zero-order valence-electron chi connectivity index (χ0n) is 16.4. The van der Waals surface area contributed by atoms with E-state index in [9.17, 15) is 14.4 Å². The van der Waals surface area contributed by atoms with Gasteiger partial charge in [-0.3, -0.25) is 23.7 Å². The number of aromatic nitrogens is 4. The minimum Gasteiger partial charge on any atom is -0.350 e. The van der Waals surface area contributed by atoms with Gasteiger partial charge in [-0.15, -0.1) is 0 Å². The van der Waals surface area contributed by atoms with Gasteiger partial charge in [-0.2, -0.15) is 0 Å². The normalized spacial score (nSPS) is 11.0. The lowest BCUT2D eigenvalue weighted by molar-refractivity contribution is -0.121. The van der Waals surface area contributed by atoms with Crippen molar-refractivity contribution in [2.75, 3.05) is 0 Å². The van der Waals surface area contributed by atoms with Gasteiger partial charge in [0.1, 0.15) is 5.65 Å². The van der Waals surface area contributed by atoms with Crippen LogP contribution in [-0.2, 0) is 31.9 Å². The molecule has 0 saturated carbocycles. The standard InChI is InChI=1S/C20H23N5O3/c1-12-15(8-9-16(26)22-11-14-7-5-6-10-21-14)13(2)23-18-17(12)19(27)25(4)20(28)24(18)3/h5-7,10H,8-9,11H2,1-4H3,(H,22,26). The summed E-state index contributed by atoms with van der Waals surface area (Å²) < 4.78 is 2.45. The first-order chi connectivity index (χ1) is 13.3. The van der Waals surface area contributed by atoms with E-state index in [2.05, 4.69) is 15.3 Å². The van der Waals surface area contributed by atoms with Crippen LogP contribution in [0.5, 0.6) is 0 Å². The molecule has 1 amide bonds. The van der Waals surface area contributed by atoms with E-state index >= 15 is 0 Å². The van der Waals surface area contributed by atoms with Crippen LogP contribution in [0.15, 0.2) is 34.0 Å². The van der Waals surface area contributed by atoms with Crippen LogP contribution in [0.4, 0.5) is 0 Å². The van der Waals surface area contributed by atoms with E-state index in [-0.39, 0.29) is 17.9 Å². The van der Waals surface area contributed by atoms with Crippen molar-refractivity contribution in [2.45, 2.75) is 33.2 Å². The van der Waals surface area contributed by atoms with Crippen molar-refractivity contribution >= 4 is 16.9 Å². The first kappa shape index (κ1) is 19.5. The van der Waals surface area contributed by atoms with E-state index < -0.39 is 5.69 Å². The van der Waals surface area contributed by atoms with Crippen LogP contribution in [0.2, 0.25) is 0 Å². The Morgan fingerprint density at radius 1 is 1.14 bits per heavy atom. The quantitative estimate of drug-likeness (QED) is 0.708. The second kappa shape index (κ2) is 7.75. The topological polar surface area (TPSA) is 98.9 Å². The van der Waals surface area contributed by atoms with Gasteiger partial charge in [0.05, 0.1) is 17.6 Å². The summed E-state index contributed by atoms with van der Waals surface area (Å²) in [6.45, 7) is 4.04. The fraction of sp³-hybridized carbons (Fsp3) is 0.350. The third-order valence-electron chi connectivity index (χ3n) is 4.97. The number of amides is 1. The fourth-order valence-electron chi connectivity index (χ4n) is 3.33. The largest absolute Gasteiger partial charge is 0.350 e. The van der Waals surface area contributed by atoms with Gasteiger partial charge in [-0.25, -0.2) is 9.78 Å². The molecule has 0 unspecified atom stereocenters. The highest BCUT2D eigenvalue weighted by molar-refractivity contribution is 5.80. The van der Waals surface area contributed by atoms with E-state index in [1.54, 1.807) is 13.2 Å². The van der Waals surface area contributed by atoms with Gasteiger partial charge < -0.3 is 5.32 Å². The number of fused-ring (bicyclic) bond motifs is 1. The highest BCUT2D eigenvalue weighted by Crippen LogP contribution is 2.20. The summed E-state index contributed by atoms with van der Waals surface area (Å²) in [6.07, 6.45) is 2.41. The molecule has 3 heterocycles. The molecule has 8 nitrogen and oxygen atoms in total. The van der Waals surface area contributed by atoms with Crippen molar-refractivity contribution in [2.24, 2.45) is 14.1 Å². The number of carbonyl (C=O) groups excluding carboxylic acids is 1. The lowest BCUT2D eigenvalue weighted by Gasteiger charge is -2.14. The molecule has 0 atom stereocenters. The Kier molecular flexibility index (Phi) is 5.39. The maximum Gasteiger partial charge on any atom is 0.332 e. The number of rotatable bonds is 5. The van der Waals surface area contributed by atoms with Crippen molar-refractivity contribution in [1.82, 2.24) is 24.4 Å². The van der Waals surface area contributed by atoms with Crippen molar-refractivity contribution in [3.8, 4) is 0 Å². The van der Waals surface area contributed by atoms with Crippen LogP contribution in [0.1, 0.15) is 28.9 Å². The SMILES string of the molecule is Cc1nc2c(c(C)c1CCC(=O)NCc1ccccn1)c(=O)n(C)c(=O)n2C. The first-order valence-corrected chi connectivity index (χ1v) is 9.03. The van der Waals surface area contributed by atoms with Crippen molar-refractivity contribution < 1.29 is 4.79 Å². The average molecular weight is 381 g/mol. The number of aryl methyl sites for hydroxylation is 3. The van der Waals surface area contributed by atoms with Crippen LogP contribution in [-0.4, -0.2) is 25.0 Å². The molecule has 0 aliphatic heterocycles. The Labute approximate surface area is 161 Å². The number of nitrogens with one attached hydrogen (secondary N) is 1. The van der Waals surface area contributed by atoms with E-state index in [1.165, 1.54) is 11.6 Å². The van der Waals surface area contributed by atoms with Gasteiger partial charge in [0.15, 0.2) is 0 Å². The summed E-state index contributed by atoms with van der Waals surface area (Å²) in [7, 11) is 3.05. The van der Waals surface area contributed by atoms with Crippen LogP contribution < -0.4 is 16.6 Å². The van der Waals surface area contributed by atoms with Gasteiger partial charge in [-0.1, -0.05) is 6.07 Å². The third kappa shape index (κ3) is 3.58. The molecule has 0 spiro atoms. The Morgan fingerprint density at radius 3 is 2.57 bits per heavy atom. The summed E-state index contributed by atoms with van der Waals surface area (Å²) in [4.78, 5) is 45.6. The molecule has 0 saturated heterocycles. The molecule has 0 bridgehead atoms. The Balaban J connectivity index is 1.84. The van der Waals surface area contributed by atoms with Gasteiger partial charge in [0, 0.05) is 32.4 Å². The first-order valence-electron chi connectivity index (χ1n) is 9.03. The molecule has 146 valence electrons. The van der Waals surface area contributed by atoms with E-state index in [4.69, 9.17) is 0 Å². The maximum atomic E-state index is 12.6. The lowest BCUT2D eigenvalue weighted by atomic mass is 10.00. The molecule has 3 aromatic rings. The zero-order valence-corrected chi connectivity index (χ0v) is 16.4. The number of nitrogens with zero attached hydrogens (tertiary/aromatic N) is 4. The third-order valence-corrected chi connectivity index (χ3v) is 4.97. The molecule has 8 heteroatoms. The Morgan fingerprint density at radius 2 is 1.89 bits per heavy atom. The van der Waals surface area contributed by atoms with Gasteiger partial charge >= 0.3 is 5.69 Å². The predicted octanol–water partition coefficient (Wildman–Crippen LogP) is 0.893. The molecule has 0 aliphatic rings. The van der Waals surface area contributed by atoms with Gasteiger partial charge in [-0.05, 0) is 43.5 Å². The summed E-state index contributed by atoms with van der Waals surface area (Å²) in [5.74, 6) is -0.0992. The van der Waals surface area contributed by atoms with Crippen molar-refractivity contribution in [1.29, 1.82) is 0 Å². The van der Waals surface area contributed by atoms with Gasteiger partial charge in [0.25, 0.3) is 5.56 Å². The maximum absolute atomic E-state index is 12.6. The fourth-order valence-corrected chi connectivity index (χ4v) is 3.33. The summed E-state index contributed by atoms with van der Waals surface area (Å²) in [5, 5.41) is 3.27. The number of carbonyl (C=O) groups is 1. The average Bonchev–Trinajstić information content (AvgIpc) is 2.69. The summed E-state index contributed by atoms with van der Waals surface area (Å²) in [6, 6.07) is 5.54. The predicted molar refractivity (Wildman–Crippen MR) is 106 cm³/mol. The van der Waals surface area contributed by atoms with E-state index in [0.29, 0.717) is 29.7 Å². The molecule has 0 radical (unpaired) electrons. The Bertz CT molecular complexity index is 1160. The van der Waals surface area contributed by atoms with E-state index in [1.807, 2.05) is 32.0 Å². The van der Waals surface area contributed by atoms with Crippen LogP contribution in [0.3, 0.4) is 0 Å². The monoisotopic (exact) mass is 381 g/mol. The van der Waals surface area contributed by atoms with Crippen LogP contribution in [0, 0.1) is 13.8 Å². The summed E-state index contributed by atoms with van der Waals surface area (Å²) in [5.41, 5.74) is 2.71. The molecule has 0 aromatic carbocycles. The second-order valence-corrected chi connectivity index (χ2v) is 6.80. The number of pyridine rings is 2. The van der Waals surface area contributed by atoms with Crippen LogP contribution >= 0.6 is 0 Å². The Hall–Kier alpha value is -3.29. The zero-order chi connectivity index (χ0) is 20.4. The smallest absolute Gasteiger partial charge is 0.332 e. The highest BCUT2D eigenvalue weighted by atomic mass is 16.2. The van der Waals surface area contributed by atoms with E-state index in [0.717, 1.165) is 21.4 Å². The lowest BCUT2D eigenvalue weighted by Crippen LogP contribution is -2.38. The molecule has 0 aliphatic carbocycles. The minimum absolute atomic E-state index is 0.0992. The molecule has 0 fully saturated rings. The molecule has 3 rings (SSSR count). The number of hydrogen-bond acceptors (Lipinski definition) is 5. The van der Waals surface area contributed by atoms with Crippen LogP contribution in [0.25, 0.3) is 11.0 Å². The number of hydrogen-bond donors (Lipinski definition) is 1. The molecule has 3 aromatic heterocycles. The minimum atomic E-state index is -0.412. The molecule has 28 heavy (non-hydrogen) atoms. The molecular weight excluding hydrogens is 358 g/mol. The molecule has 1 N–H and O–H groups in total.